The number of fused-ring (bicyclic) bond motifs is 2. The first-order chi connectivity index (χ1) is 12.2. The van der Waals surface area contributed by atoms with Gasteiger partial charge in [-0.3, -0.25) is 15.1 Å². The number of nitro groups is 1. The second kappa shape index (κ2) is 9.91. The maximum absolute atomic E-state index is 11.0. The second-order valence-electron chi connectivity index (χ2n) is 6.32. The number of anilines is 1. The Morgan fingerprint density at radius 3 is 2.85 bits per heavy atom. The molecule has 2 aliphatic rings. The first-order valence-electron chi connectivity index (χ1n) is 8.85. The molecule has 3 N–H and O–H groups in total. The fourth-order valence-electron chi connectivity index (χ4n) is 3.43. The van der Waals surface area contributed by atoms with Crippen LogP contribution in [0.4, 0.5) is 11.4 Å². The van der Waals surface area contributed by atoms with Crippen molar-refractivity contribution in [2.45, 2.75) is 44.4 Å². The summed E-state index contributed by atoms with van der Waals surface area (Å²) in [6.07, 6.45) is 3.99. The zero-order chi connectivity index (χ0) is 17.6. The average Bonchev–Trinajstić information content (AvgIpc) is 3.22. The smallest absolute Gasteiger partial charge is 0.292 e. The lowest BCUT2D eigenvalue weighted by Gasteiger charge is -2.22. The largest absolute Gasteiger partial charge is 0.378 e. The topological polar surface area (TPSA) is 101 Å². The van der Waals surface area contributed by atoms with Gasteiger partial charge < -0.3 is 20.7 Å². The summed E-state index contributed by atoms with van der Waals surface area (Å²) in [5, 5.41) is 20.8. The van der Waals surface area contributed by atoms with Gasteiger partial charge in [-0.2, -0.15) is 0 Å². The zero-order valence-corrected chi connectivity index (χ0v) is 17.1. The van der Waals surface area contributed by atoms with Gasteiger partial charge >= 0.3 is 0 Å². The van der Waals surface area contributed by atoms with Crippen LogP contribution in [0.5, 0.6) is 0 Å². The predicted octanol–water partition coefficient (Wildman–Crippen LogP) is 2.50. The SMILES string of the molecule is CCNC(=NCCNc1ccccc1[N+](=O)[O-])NC1CC2CCC1O2.I. The molecule has 3 rings (SSSR count). The number of hydrogen-bond donors (Lipinski definition) is 3. The molecule has 1 aromatic rings. The molecule has 0 saturated carbocycles. The van der Waals surface area contributed by atoms with E-state index in [1.807, 2.05) is 6.92 Å². The Bertz CT molecular complexity index is 643. The first kappa shape index (κ1) is 20.7. The van der Waals surface area contributed by atoms with E-state index in [1.165, 1.54) is 6.07 Å². The third-order valence-corrected chi connectivity index (χ3v) is 4.57. The van der Waals surface area contributed by atoms with E-state index in [2.05, 4.69) is 20.9 Å². The normalized spacial score (nSPS) is 24.0. The number of hydrogen-bond acceptors (Lipinski definition) is 5. The number of halogens is 1. The Labute approximate surface area is 170 Å². The van der Waals surface area contributed by atoms with E-state index in [4.69, 9.17) is 4.74 Å². The van der Waals surface area contributed by atoms with Crippen LogP contribution in [0.3, 0.4) is 0 Å². The molecular formula is C17H26IN5O3. The average molecular weight is 475 g/mol. The molecule has 2 aliphatic heterocycles. The van der Waals surface area contributed by atoms with Crippen LogP contribution in [0.15, 0.2) is 29.3 Å². The molecule has 2 heterocycles. The monoisotopic (exact) mass is 475 g/mol. The highest BCUT2D eigenvalue weighted by Gasteiger charge is 2.41. The van der Waals surface area contributed by atoms with E-state index >= 15 is 0 Å². The highest BCUT2D eigenvalue weighted by molar-refractivity contribution is 14.0. The summed E-state index contributed by atoms with van der Waals surface area (Å²) in [6.45, 7) is 3.85. The maximum Gasteiger partial charge on any atom is 0.292 e. The van der Waals surface area contributed by atoms with Crippen molar-refractivity contribution < 1.29 is 9.66 Å². The fraction of sp³-hybridized carbons (Fsp3) is 0.588. The van der Waals surface area contributed by atoms with Gasteiger partial charge in [0.25, 0.3) is 5.69 Å². The van der Waals surface area contributed by atoms with Crippen LogP contribution >= 0.6 is 24.0 Å². The van der Waals surface area contributed by atoms with E-state index in [1.54, 1.807) is 18.2 Å². The molecule has 1 aromatic carbocycles. The number of nitrogens with zero attached hydrogens (tertiary/aromatic N) is 2. The lowest BCUT2D eigenvalue weighted by atomic mass is 9.96. The number of guanidine groups is 1. The summed E-state index contributed by atoms with van der Waals surface area (Å²) in [4.78, 5) is 15.2. The van der Waals surface area contributed by atoms with Crippen LogP contribution in [0, 0.1) is 10.1 Å². The highest BCUT2D eigenvalue weighted by Crippen LogP contribution is 2.34. The van der Waals surface area contributed by atoms with Crippen LogP contribution in [0.1, 0.15) is 26.2 Å². The van der Waals surface area contributed by atoms with E-state index in [-0.39, 0.29) is 34.6 Å². The van der Waals surface area contributed by atoms with Gasteiger partial charge in [-0.15, -0.1) is 24.0 Å². The minimum Gasteiger partial charge on any atom is -0.378 e. The number of ether oxygens (including phenoxy) is 1. The van der Waals surface area contributed by atoms with Gasteiger partial charge in [0.05, 0.1) is 29.7 Å². The lowest BCUT2D eigenvalue weighted by molar-refractivity contribution is -0.384. The Balaban J connectivity index is 0.00000243. The molecule has 8 nitrogen and oxygen atoms in total. The Morgan fingerprint density at radius 2 is 2.19 bits per heavy atom. The van der Waals surface area contributed by atoms with Crippen molar-refractivity contribution in [2.75, 3.05) is 25.0 Å². The molecule has 0 aromatic heterocycles. The molecule has 9 heteroatoms. The Morgan fingerprint density at radius 1 is 1.38 bits per heavy atom. The van der Waals surface area contributed by atoms with Crippen molar-refractivity contribution in [2.24, 2.45) is 4.99 Å². The third-order valence-electron chi connectivity index (χ3n) is 4.57. The van der Waals surface area contributed by atoms with Gasteiger partial charge in [-0.25, -0.2) is 0 Å². The minimum atomic E-state index is -0.383. The number of para-hydroxylation sites is 2. The molecule has 0 amide bonds. The quantitative estimate of drug-likeness (QED) is 0.140. The molecule has 2 bridgehead atoms. The van der Waals surface area contributed by atoms with Crippen molar-refractivity contribution in [3.8, 4) is 0 Å². The van der Waals surface area contributed by atoms with E-state index in [0.717, 1.165) is 31.8 Å². The number of nitro benzene ring substituents is 1. The maximum atomic E-state index is 11.0. The van der Waals surface area contributed by atoms with E-state index in [0.29, 0.717) is 37.0 Å². The van der Waals surface area contributed by atoms with Crippen LogP contribution in [0.25, 0.3) is 0 Å². The summed E-state index contributed by atoms with van der Waals surface area (Å²) in [6, 6.07) is 6.95. The van der Waals surface area contributed by atoms with Gasteiger partial charge in [-0.1, -0.05) is 12.1 Å². The van der Waals surface area contributed by atoms with Crippen molar-refractivity contribution in [1.29, 1.82) is 0 Å². The molecule has 2 saturated heterocycles. The molecule has 3 atom stereocenters. The Hall–Kier alpha value is -1.62. The molecular weight excluding hydrogens is 449 g/mol. The summed E-state index contributed by atoms with van der Waals surface area (Å²) < 4.78 is 5.86. The number of benzene rings is 1. The molecule has 144 valence electrons. The fourth-order valence-corrected chi connectivity index (χ4v) is 3.43. The van der Waals surface area contributed by atoms with Crippen molar-refractivity contribution in [1.82, 2.24) is 10.6 Å². The highest BCUT2D eigenvalue weighted by atomic mass is 127. The molecule has 3 unspecified atom stereocenters. The Kier molecular flexibility index (Phi) is 7.88. The molecule has 0 aliphatic carbocycles. The van der Waals surface area contributed by atoms with Crippen molar-refractivity contribution >= 4 is 41.3 Å². The molecule has 0 spiro atoms. The summed E-state index contributed by atoms with van der Waals surface area (Å²) in [5.41, 5.74) is 0.595. The summed E-state index contributed by atoms with van der Waals surface area (Å²) >= 11 is 0. The van der Waals surface area contributed by atoms with Crippen molar-refractivity contribution in [3.63, 3.8) is 0 Å². The molecule has 0 radical (unpaired) electrons. The predicted molar refractivity (Wildman–Crippen MR) is 112 cm³/mol. The van der Waals surface area contributed by atoms with Crippen LogP contribution in [0.2, 0.25) is 0 Å². The van der Waals surface area contributed by atoms with Gasteiger partial charge in [0.2, 0.25) is 0 Å². The summed E-state index contributed by atoms with van der Waals surface area (Å²) in [7, 11) is 0. The number of rotatable bonds is 7. The van der Waals surface area contributed by atoms with Crippen LogP contribution in [-0.4, -0.2) is 48.8 Å². The first-order valence-corrected chi connectivity index (χ1v) is 8.85. The zero-order valence-electron chi connectivity index (χ0n) is 14.8. The van der Waals surface area contributed by atoms with Crippen LogP contribution in [-0.2, 0) is 4.74 Å². The summed E-state index contributed by atoms with van der Waals surface area (Å²) in [5.74, 6) is 0.771. The van der Waals surface area contributed by atoms with Gasteiger partial charge in [0.15, 0.2) is 5.96 Å². The molecule has 2 fully saturated rings. The van der Waals surface area contributed by atoms with Gasteiger partial charge in [0, 0.05) is 19.2 Å². The lowest BCUT2D eigenvalue weighted by Crippen LogP contribution is -2.47. The standard InChI is InChI=1S/C17H25N5O3.HI/c1-2-18-17(21-14-11-12-7-8-16(14)25-12)20-10-9-19-13-5-3-4-6-15(13)22(23)24;/h3-6,12,14,16,19H,2,7-11H2,1H3,(H2,18,20,21);1H. The van der Waals surface area contributed by atoms with E-state index in [9.17, 15) is 10.1 Å². The minimum absolute atomic E-state index is 0. The second-order valence-corrected chi connectivity index (χ2v) is 6.32. The van der Waals surface area contributed by atoms with Crippen molar-refractivity contribution in [3.05, 3.63) is 34.4 Å². The number of aliphatic imine (C=N–C) groups is 1. The third kappa shape index (κ3) is 5.19. The number of nitrogens with one attached hydrogen (secondary N) is 3. The van der Waals surface area contributed by atoms with E-state index < -0.39 is 0 Å². The van der Waals surface area contributed by atoms with Crippen LogP contribution < -0.4 is 16.0 Å². The van der Waals surface area contributed by atoms with Gasteiger partial charge in [-0.05, 0) is 32.3 Å². The van der Waals surface area contributed by atoms with Gasteiger partial charge in [0.1, 0.15) is 5.69 Å². The molecule has 26 heavy (non-hydrogen) atoms.